The van der Waals surface area contributed by atoms with Crippen LogP contribution < -0.4 is 11.1 Å². The molecule has 0 fully saturated rings. The zero-order valence-corrected chi connectivity index (χ0v) is 10.8. The number of ether oxygens (including phenoxy) is 1. The van der Waals surface area contributed by atoms with Gasteiger partial charge < -0.3 is 20.2 Å². The second kappa shape index (κ2) is 5.87. The Bertz CT molecular complexity index is 636. The Morgan fingerprint density at radius 3 is 2.95 bits per heavy atom. The van der Waals surface area contributed by atoms with Gasteiger partial charge in [-0.25, -0.2) is 4.79 Å². The van der Waals surface area contributed by atoms with Gasteiger partial charge in [-0.05, 0) is 25.1 Å². The van der Waals surface area contributed by atoms with Gasteiger partial charge in [0.25, 0.3) is 6.01 Å². The maximum Gasteiger partial charge on any atom is 0.360 e. The van der Waals surface area contributed by atoms with Crippen LogP contribution in [-0.2, 0) is 4.74 Å². The van der Waals surface area contributed by atoms with Crippen LogP contribution in [0.25, 0.3) is 0 Å². The predicted octanol–water partition coefficient (Wildman–Crippen LogP) is 1.69. The van der Waals surface area contributed by atoms with E-state index in [1.807, 2.05) is 0 Å². The van der Waals surface area contributed by atoms with E-state index in [4.69, 9.17) is 14.9 Å². The fourth-order valence-corrected chi connectivity index (χ4v) is 1.50. The molecule has 0 aliphatic carbocycles. The van der Waals surface area contributed by atoms with Crippen LogP contribution in [0, 0.1) is 0 Å². The Hall–Kier alpha value is -2.83. The molecule has 20 heavy (non-hydrogen) atoms. The highest BCUT2D eigenvalue weighted by Gasteiger charge is 2.13. The Morgan fingerprint density at radius 1 is 1.45 bits per heavy atom. The maximum absolute atomic E-state index is 11.4. The number of rotatable bonds is 5. The van der Waals surface area contributed by atoms with E-state index in [0.29, 0.717) is 11.3 Å². The lowest BCUT2D eigenvalue weighted by Crippen LogP contribution is -2.10. The zero-order chi connectivity index (χ0) is 14.5. The quantitative estimate of drug-likeness (QED) is 0.804. The summed E-state index contributed by atoms with van der Waals surface area (Å²) in [6.45, 7) is 1.96. The minimum Gasteiger partial charge on any atom is -0.461 e. The van der Waals surface area contributed by atoms with Crippen LogP contribution in [0.2, 0.25) is 0 Å². The molecule has 2 rings (SSSR count). The van der Waals surface area contributed by atoms with E-state index in [0.717, 1.165) is 0 Å². The number of anilines is 2. The molecular weight excluding hydrogens is 262 g/mol. The van der Waals surface area contributed by atoms with E-state index in [1.54, 1.807) is 31.2 Å². The van der Waals surface area contributed by atoms with E-state index >= 15 is 0 Å². The van der Waals surface area contributed by atoms with Crippen molar-refractivity contribution < 1.29 is 18.7 Å². The summed E-state index contributed by atoms with van der Waals surface area (Å²) in [6.07, 6.45) is 1.19. The van der Waals surface area contributed by atoms with Gasteiger partial charge in [-0.3, -0.25) is 4.79 Å². The molecule has 0 atom stereocenters. The number of nitrogens with zero attached hydrogens (tertiary/aromatic N) is 1. The molecule has 0 saturated heterocycles. The third-order valence-electron chi connectivity index (χ3n) is 2.39. The molecule has 1 heterocycles. The second-order valence-electron chi connectivity index (χ2n) is 3.83. The molecule has 0 saturated carbocycles. The first-order valence-electron chi connectivity index (χ1n) is 5.89. The number of hydrogen-bond donors (Lipinski definition) is 2. The molecule has 0 aliphatic heterocycles. The lowest BCUT2D eigenvalue weighted by Gasteiger charge is -2.02. The number of benzene rings is 1. The predicted molar refractivity (Wildman–Crippen MR) is 70.7 cm³/mol. The van der Waals surface area contributed by atoms with Gasteiger partial charge in [0, 0.05) is 11.3 Å². The lowest BCUT2D eigenvalue weighted by molar-refractivity contribution is 0.0519. The molecule has 0 unspecified atom stereocenters. The molecule has 1 amide bonds. The van der Waals surface area contributed by atoms with Crippen LogP contribution >= 0.6 is 0 Å². The fourth-order valence-electron chi connectivity index (χ4n) is 1.50. The number of oxazole rings is 1. The molecule has 2 aromatic rings. The van der Waals surface area contributed by atoms with Crippen molar-refractivity contribution in [2.24, 2.45) is 5.73 Å². The number of aromatic nitrogens is 1. The van der Waals surface area contributed by atoms with Gasteiger partial charge in [-0.1, -0.05) is 6.07 Å². The number of carbonyl (C=O) groups excluding carboxylic acids is 2. The third kappa shape index (κ3) is 3.14. The van der Waals surface area contributed by atoms with Crippen molar-refractivity contribution in [1.29, 1.82) is 0 Å². The van der Waals surface area contributed by atoms with Crippen LogP contribution in [0.1, 0.15) is 27.8 Å². The Balaban J connectivity index is 2.12. The Morgan fingerprint density at radius 2 is 2.25 bits per heavy atom. The van der Waals surface area contributed by atoms with Crippen molar-refractivity contribution >= 4 is 23.6 Å². The van der Waals surface area contributed by atoms with Crippen molar-refractivity contribution in [1.82, 2.24) is 4.98 Å². The number of primary amides is 1. The van der Waals surface area contributed by atoms with Crippen LogP contribution in [0.15, 0.2) is 34.9 Å². The number of nitrogens with two attached hydrogens (primary N) is 1. The van der Waals surface area contributed by atoms with Gasteiger partial charge in [-0.2, -0.15) is 4.98 Å². The molecule has 1 aromatic carbocycles. The fraction of sp³-hybridized carbons (Fsp3) is 0.154. The molecular formula is C13H13N3O4. The highest BCUT2D eigenvalue weighted by Crippen LogP contribution is 2.17. The summed E-state index contributed by atoms with van der Waals surface area (Å²) in [5, 5.41) is 2.82. The van der Waals surface area contributed by atoms with Crippen LogP contribution in [0.5, 0.6) is 0 Å². The monoisotopic (exact) mass is 275 g/mol. The number of nitrogens with one attached hydrogen (secondary N) is 1. The average Bonchev–Trinajstić information content (AvgIpc) is 2.88. The second-order valence-corrected chi connectivity index (χ2v) is 3.83. The topological polar surface area (TPSA) is 107 Å². The standard InChI is InChI=1S/C13H13N3O4/c1-2-19-12(18)10-7-20-13(16-10)15-9-5-3-4-8(6-9)11(14)17/h3-7H,2H2,1H3,(H2,14,17)(H,15,16). The molecule has 0 bridgehead atoms. The molecule has 1 aromatic heterocycles. The number of esters is 1. The smallest absolute Gasteiger partial charge is 0.360 e. The minimum absolute atomic E-state index is 0.0698. The molecule has 3 N–H and O–H groups in total. The first-order valence-corrected chi connectivity index (χ1v) is 5.89. The summed E-state index contributed by atoms with van der Waals surface area (Å²) in [6, 6.07) is 6.64. The number of hydrogen-bond acceptors (Lipinski definition) is 6. The van der Waals surface area contributed by atoms with Gasteiger partial charge in [-0.15, -0.1) is 0 Å². The summed E-state index contributed by atoms with van der Waals surface area (Å²) in [5.74, 6) is -1.09. The number of amides is 1. The normalized spacial score (nSPS) is 10.1. The molecule has 0 radical (unpaired) electrons. The van der Waals surface area contributed by atoms with E-state index in [1.165, 1.54) is 6.26 Å². The van der Waals surface area contributed by atoms with E-state index in [2.05, 4.69) is 10.3 Å². The van der Waals surface area contributed by atoms with Crippen LogP contribution in [0.3, 0.4) is 0 Å². The molecule has 104 valence electrons. The van der Waals surface area contributed by atoms with Crippen molar-refractivity contribution in [2.45, 2.75) is 6.92 Å². The summed E-state index contributed by atoms with van der Waals surface area (Å²) in [4.78, 5) is 26.4. The molecule has 7 heteroatoms. The largest absolute Gasteiger partial charge is 0.461 e. The van der Waals surface area contributed by atoms with E-state index in [9.17, 15) is 9.59 Å². The summed E-state index contributed by atoms with van der Waals surface area (Å²) in [7, 11) is 0. The van der Waals surface area contributed by atoms with Crippen LogP contribution in [0.4, 0.5) is 11.7 Å². The summed E-state index contributed by atoms with van der Waals surface area (Å²) >= 11 is 0. The van der Waals surface area contributed by atoms with Crippen molar-refractivity contribution in [3.8, 4) is 0 Å². The summed E-state index contributed by atoms with van der Waals surface area (Å²) in [5.41, 5.74) is 6.18. The highest BCUT2D eigenvalue weighted by molar-refractivity contribution is 5.93. The van der Waals surface area contributed by atoms with E-state index in [-0.39, 0.29) is 18.3 Å². The van der Waals surface area contributed by atoms with Gasteiger partial charge in [0.05, 0.1) is 6.61 Å². The van der Waals surface area contributed by atoms with Crippen molar-refractivity contribution in [3.63, 3.8) is 0 Å². The Labute approximate surface area is 114 Å². The summed E-state index contributed by atoms with van der Waals surface area (Å²) < 4.78 is 9.89. The molecule has 0 spiro atoms. The highest BCUT2D eigenvalue weighted by atomic mass is 16.5. The minimum atomic E-state index is -0.560. The number of carbonyl (C=O) groups is 2. The third-order valence-corrected chi connectivity index (χ3v) is 2.39. The van der Waals surface area contributed by atoms with Gasteiger partial charge in [0.2, 0.25) is 5.91 Å². The van der Waals surface area contributed by atoms with Gasteiger partial charge in [0.1, 0.15) is 6.26 Å². The SMILES string of the molecule is CCOC(=O)c1coc(Nc2cccc(C(N)=O)c2)n1. The lowest BCUT2D eigenvalue weighted by atomic mass is 10.2. The Kier molecular flexibility index (Phi) is 3.99. The van der Waals surface area contributed by atoms with Crippen LogP contribution in [-0.4, -0.2) is 23.5 Å². The average molecular weight is 275 g/mol. The zero-order valence-electron chi connectivity index (χ0n) is 10.8. The van der Waals surface area contributed by atoms with Crippen molar-refractivity contribution in [3.05, 3.63) is 41.8 Å². The first kappa shape index (κ1) is 13.6. The van der Waals surface area contributed by atoms with Gasteiger partial charge >= 0.3 is 5.97 Å². The molecule has 7 nitrogen and oxygen atoms in total. The van der Waals surface area contributed by atoms with Gasteiger partial charge in [0.15, 0.2) is 5.69 Å². The molecule has 0 aliphatic rings. The van der Waals surface area contributed by atoms with Crippen molar-refractivity contribution in [2.75, 3.05) is 11.9 Å². The van der Waals surface area contributed by atoms with E-state index < -0.39 is 11.9 Å². The first-order chi connectivity index (χ1) is 9.60. The maximum atomic E-state index is 11.4.